The number of hydrogen-bond acceptors (Lipinski definition) is 3. The highest BCUT2D eigenvalue weighted by molar-refractivity contribution is 5.66. The van der Waals surface area contributed by atoms with Gasteiger partial charge in [-0.25, -0.2) is 9.89 Å². The normalized spacial score (nSPS) is 20.8. The Balaban J connectivity index is 1.66. The molecule has 1 N–H and O–H groups in total. The van der Waals surface area contributed by atoms with Crippen molar-refractivity contribution in [2.75, 3.05) is 19.6 Å². The summed E-state index contributed by atoms with van der Waals surface area (Å²) in [5, 5.41) is 6.91. The molecule has 1 saturated heterocycles. The number of rotatable bonds is 3. The van der Waals surface area contributed by atoms with E-state index in [1.165, 1.54) is 43.5 Å². The second-order valence-electron chi connectivity index (χ2n) is 6.45. The molecule has 0 amide bonds. The third-order valence-corrected chi connectivity index (χ3v) is 5.00. The van der Waals surface area contributed by atoms with Crippen LogP contribution in [0.25, 0.3) is 12.3 Å². The van der Waals surface area contributed by atoms with Crippen LogP contribution in [0.2, 0.25) is 0 Å². The number of piperidine rings is 1. The molecule has 2 aliphatic heterocycles. The minimum atomic E-state index is -0.160. The van der Waals surface area contributed by atoms with Gasteiger partial charge in [-0.3, -0.25) is 4.57 Å². The maximum absolute atomic E-state index is 12.0. The molecular formula is C18H22N4O. The Morgan fingerprint density at radius 2 is 2.00 bits per heavy atom. The summed E-state index contributed by atoms with van der Waals surface area (Å²) in [5.41, 5.74) is 2.28. The van der Waals surface area contributed by atoms with Crippen molar-refractivity contribution < 1.29 is 0 Å². The van der Waals surface area contributed by atoms with Crippen LogP contribution in [-0.4, -0.2) is 39.3 Å². The molecule has 0 radical (unpaired) electrons. The summed E-state index contributed by atoms with van der Waals surface area (Å²) in [4.78, 5) is 14.5. The molecule has 1 fully saturated rings. The molecule has 0 saturated carbocycles. The molecule has 0 spiro atoms. The zero-order valence-corrected chi connectivity index (χ0v) is 13.2. The summed E-state index contributed by atoms with van der Waals surface area (Å²) in [6.07, 6.45) is 8.79. The fraction of sp³-hybridized carbons (Fsp3) is 0.444. The second kappa shape index (κ2) is 6.16. The standard InChI is InChI=1S/C18H22N4O/c23-18-20-19-17-16(9-12-21-10-4-1-5-11-21)15-7-3-2-6-14(15)8-13-22(17)18/h2-3,6-8,13,16H,1,4-5,9-12H2,(H,20,23). The Labute approximate surface area is 135 Å². The van der Waals surface area contributed by atoms with Gasteiger partial charge in [-0.15, -0.1) is 0 Å². The van der Waals surface area contributed by atoms with E-state index in [4.69, 9.17) is 0 Å². The lowest BCUT2D eigenvalue weighted by Gasteiger charge is -2.28. The van der Waals surface area contributed by atoms with Crippen LogP contribution >= 0.6 is 0 Å². The highest BCUT2D eigenvalue weighted by Crippen LogP contribution is 2.32. The van der Waals surface area contributed by atoms with Crippen molar-refractivity contribution in [1.82, 2.24) is 19.7 Å². The van der Waals surface area contributed by atoms with E-state index >= 15 is 0 Å². The van der Waals surface area contributed by atoms with Gasteiger partial charge in [0, 0.05) is 12.1 Å². The Kier molecular flexibility index (Phi) is 3.87. The Hall–Kier alpha value is -2.14. The number of aromatic amines is 1. The van der Waals surface area contributed by atoms with Gasteiger partial charge in [0.1, 0.15) is 5.82 Å². The SMILES string of the molecule is O=c1[nH]nc2n1C=Cc1ccccc1C2CCN1CCCCC1. The predicted molar refractivity (Wildman–Crippen MR) is 91.3 cm³/mol. The molecule has 23 heavy (non-hydrogen) atoms. The maximum Gasteiger partial charge on any atom is 0.347 e. The zero-order valence-electron chi connectivity index (χ0n) is 13.2. The fourth-order valence-corrected chi connectivity index (χ4v) is 3.76. The molecule has 1 aromatic carbocycles. The van der Waals surface area contributed by atoms with Crippen LogP contribution in [0.15, 0.2) is 29.1 Å². The van der Waals surface area contributed by atoms with E-state index < -0.39 is 0 Å². The smallest absolute Gasteiger partial charge is 0.303 e. The largest absolute Gasteiger partial charge is 0.347 e. The average molecular weight is 310 g/mol. The number of likely N-dealkylation sites (tertiary alicyclic amines) is 1. The lowest BCUT2D eigenvalue weighted by atomic mass is 9.91. The van der Waals surface area contributed by atoms with Crippen LogP contribution in [0.4, 0.5) is 0 Å². The van der Waals surface area contributed by atoms with E-state index in [9.17, 15) is 4.79 Å². The first-order chi connectivity index (χ1) is 11.3. The highest BCUT2D eigenvalue weighted by Gasteiger charge is 2.25. The molecule has 120 valence electrons. The first kappa shape index (κ1) is 14.5. The van der Waals surface area contributed by atoms with Gasteiger partial charge < -0.3 is 4.90 Å². The molecular weight excluding hydrogens is 288 g/mol. The van der Waals surface area contributed by atoms with Gasteiger partial charge in [0.15, 0.2) is 0 Å². The lowest BCUT2D eigenvalue weighted by molar-refractivity contribution is 0.223. The van der Waals surface area contributed by atoms with Crippen molar-refractivity contribution in [3.63, 3.8) is 0 Å². The summed E-state index contributed by atoms with van der Waals surface area (Å²) in [5.74, 6) is 0.982. The quantitative estimate of drug-likeness (QED) is 0.948. The Morgan fingerprint density at radius 1 is 1.17 bits per heavy atom. The molecule has 5 heteroatoms. The molecule has 1 aromatic heterocycles. The summed E-state index contributed by atoms with van der Waals surface area (Å²) < 4.78 is 1.65. The van der Waals surface area contributed by atoms with Crippen LogP contribution < -0.4 is 5.69 Å². The average Bonchev–Trinajstić information content (AvgIpc) is 2.87. The van der Waals surface area contributed by atoms with Gasteiger partial charge in [-0.2, -0.15) is 5.10 Å². The topological polar surface area (TPSA) is 53.9 Å². The Morgan fingerprint density at radius 3 is 2.87 bits per heavy atom. The lowest BCUT2D eigenvalue weighted by Crippen LogP contribution is -2.31. The van der Waals surface area contributed by atoms with Gasteiger partial charge in [-0.05, 0) is 56.1 Å². The van der Waals surface area contributed by atoms with Crippen molar-refractivity contribution in [3.8, 4) is 0 Å². The molecule has 1 unspecified atom stereocenters. The number of aromatic nitrogens is 3. The predicted octanol–water partition coefficient (Wildman–Crippen LogP) is 2.52. The minimum Gasteiger partial charge on any atom is -0.303 e. The van der Waals surface area contributed by atoms with Crippen molar-refractivity contribution in [2.24, 2.45) is 0 Å². The molecule has 1 atom stereocenters. The van der Waals surface area contributed by atoms with Crippen LogP contribution in [0.5, 0.6) is 0 Å². The van der Waals surface area contributed by atoms with E-state index in [2.05, 4.69) is 33.3 Å². The third kappa shape index (κ3) is 2.77. The number of fused-ring (bicyclic) bond motifs is 2. The number of benzene rings is 1. The maximum atomic E-state index is 12.0. The molecule has 5 nitrogen and oxygen atoms in total. The van der Waals surface area contributed by atoms with Crippen molar-refractivity contribution >= 4 is 12.3 Å². The number of H-pyrrole nitrogens is 1. The first-order valence-corrected chi connectivity index (χ1v) is 8.49. The van der Waals surface area contributed by atoms with Crippen LogP contribution in [0.1, 0.15) is 48.6 Å². The van der Waals surface area contributed by atoms with E-state index in [0.29, 0.717) is 0 Å². The molecule has 2 aliphatic rings. The van der Waals surface area contributed by atoms with Gasteiger partial charge in [0.25, 0.3) is 0 Å². The van der Waals surface area contributed by atoms with Crippen molar-refractivity contribution in [2.45, 2.75) is 31.6 Å². The number of hydrogen-bond donors (Lipinski definition) is 1. The fourth-order valence-electron chi connectivity index (χ4n) is 3.76. The molecule has 4 rings (SSSR count). The minimum absolute atomic E-state index is 0.155. The molecule has 2 aromatic rings. The number of nitrogens with zero attached hydrogens (tertiary/aromatic N) is 3. The zero-order chi connectivity index (χ0) is 15.6. The third-order valence-electron chi connectivity index (χ3n) is 5.00. The Bertz CT molecular complexity index is 767. The van der Waals surface area contributed by atoms with Gasteiger partial charge in [-0.1, -0.05) is 30.7 Å². The van der Waals surface area contributed by atoms with Crippen LogP contribution in [-0.2, 0) is 0 Å². The highest BCUT2D eigenvalue weighted by atomic mass is 16.1. The summed E-state index contributed by atoms with van der Waals surface area (Å²) >= 11 is 0. The summed E-state index contributed by atoms with van der Waals surface area (Å²) in [6, 6.07) is 8.39. The molecule has 0 aliphatic carbocycles. The summed E-state index contributed by atoms with van der Waals surface area (Å²) in [6.45, 7) is 3.44. The van der Waals surface area contributed by atoms with Gasteiger partial charge >= 0.3 is 5.69 Å². The second-order valence-corrected chi connectivity index (χ2v) is 6.45. The van der Waals surface area contributed by atoms with Gasteiger partial charge in [0.05, 0.1) is 0 Å². The first-order valence-electron chi connectivity index (χ1n) is 8.49. The van der Waals surface area contributed by atoms with Crippen LogP contribution in [0, 0.1) is 0 Å². The van der Waals surface area contributed by atoms with Gasteiger partial charge in [0.2, 0.25) is 0 Å². The number of nitrogens with one attached hydrogen (secondary N) is 1. The molecule has 0 bridgehead atoms. The summed E-state index contributed by atoms with van der Waals surface area (Å²) in [7, 11) is 0. The van der Waals surface area contributed by atoms with E-state index in [0.717, 1.165) is 18.8 Å². The monoisotopic (exact) mass is 310 g/mol. The molecule has 3 heterocycles. The van der Waals surface area contributed by atoms with E-state index in [-0.39, 0.29) is 11.6 Å². The van der Waals surface area contributed by atoms with E-state index in [1.807, 2.05) is 18.3 Å². The van der Waals surface area contributed by atoms with Crippen molar-refractivity contribution in [1.29, 1.82) is 0 Å². The van der Waals surface area contributed by atoms with Crippen LogP contribution in [0.3, 0.4) is 0 Å². The van der Waals surface area contributed by atoms with E-state index in [1.54, 1.807) is 4.57 Å². The van der Waals surface area contributed by atoms with Crippen molar-refractivity contribution in [3.05, 3.63) is 51.7 Å².